The van der Waals surface area contributed by atoms with Crippen LogP contribution in [0.4, 0.5) is 11.4 Å². The number of benzene rings is 2. The van der Waals surface area contributed by atoms with Gasteiger partial charge < -0.3 is 34.9 Å². The zero-order valence-corrected chi connectivity index (χ0v) is 25.1. The average molecular weight is 615 g/mol. The minimum absolute atomic E-state index is 0.170. The topological polar surface area (TPSA) is 154 Å². The predicted octanol–water partition coefficient (Wildman–Crippen LogP) is 5.91. The van der Waals surface area contributed by atoms with Crippen LogP contribution in [-0.2, 0) is 4.79 Å². The van der Waals surface area contributed by atoms with E-state index in [0.29, 0.717) is 39.3 Å². The van der Waals surface area contributed by atoms with Crippen LogP contribution in [-0.4, -0.2) is 45.3 Å². The molecule has 1 aliphatic rings. The molecule has 2 atom stereocenters. The van der Waals surface area contributed by atoms with Crippen LogP contribution in [0.5, 0.6) is 5.75 Å². The first-order valence-electron chi connectivity index (χ1n) is 13.6. The van der Waals surface area contributed by atoms with Crippen molar-refractivity contribution in [1.29, 1.82) is 0 Å². The number of hydrogen-bond acceptors (Lipinski definition) is 7. The van der Waals surface area contributed by atoms with Gasteiger partial charge in [-0.25, -0.2) is 9.59 Å². The third kappa shape index (κ3) is 5.97. The molecule has 4 aromatic rings. The molecule has 1 saturated heterocycles. The zero-order chi connectivity index (χ0) is 31.8. The predicted molar refractivity (Wildman–Crippen MR) is 167 cm³/mol. The Morgan fingerprint density at radius 1 is 1.00 bits per heavy atom. The second kappa shape index (κ2) is 11.8. The SMILES string of the molecule is COc1cc(N2C(=S)N[C@H](c3ccccn3)[C@H]2c2ccc(-c3cc(C(=O)O)cc(C(=O)O)c3)o2)ccc1NC(=O)C(C)(C)C. The Labute approximate surface area is 258 Å². The minimum Gasteiger partial charge on any atom is -0.494 e. The summed E-state index contributed by atoms with van der Waals surface area (Å²) >= 11 is 5.80. The molecule has 3 heterocycles. The van der Waals surface area contributed by atoms with Gasteiger partial charge in [-0.3, -0.25) is 9.78 Å². The van der Waals surface area contributed by atoms with Gasteiger partial charge >= 0.3 is 11.9 Å². The highest BCUT2D eigenvalue weighted by molar-refractivity contribution is 7.80. The number of nitrogens with one attached hydrogen (secondary N) is 2. The molecule has 5 rings (SSSR count). The molecule has 0 saturated carbocycles. The molecule has 0 spiro atoms. The Hall–Kier alpha value is -5.23. The molecule has 44 heavy (non-hydrogen) atoms. The molecular formula is C32H30N4O7S. The fraction of sp³-hybridized carbons (Fsp3) is 0.219. The third-order valence-electron chi connectivity index (χ3n) is 7.12. The maximum atomic E-state index is 12.7. The lowest BCUT2D eigenvalue weighted by Crippen LogP contribution is -2.30. The first kappa shape index (κ1) is 30.2. The van der Waals surface area contributed by atoms with Crippen molar-refractivity contribution in [3.8, 4) is 17.1 Å². The van der Waals surface area contributed by atoms with E-state index in [4.69, 9.17) is 21.4 Å². The molecule has 226 valence electrons. The van der Waals surface area contributed by atoms with E-state index in [9.17, 15) is 24.6 Å². The van der Waals surface area contributed by atoms with Gasteiger partial charge in [-0.15, -0.1) is 0 Å². The lowest BCUT2D eigenvalue weighted by molar-refractivity contribution is -0.123. The molecular weight excluding hydrogens is 584 g/mol. The van der Waals surface area contributed by atoms with Crippen molar-refractivity contribution in [3.05, 3.63) is 95.5 Å². The van der Waals surface area contributed by atoms with Gasteiger partial charge in [0.05, 0.1) is 35.7 Å². The van der Waals surface area contributed by atoms with Crippen LogP contribution in [0, 0.1) is 5.41 Å². The number of aromatic nitrogens is 1. The van der Waals surface area contributed by atoms with Crippen LogP contribution >= 0.6 is 12.2 Å². The van der Waals surface area contributed by atoms with E-state index in [1.807, 2.05) is 43.9 Å². The molecule has 1 fully saturated rings. The van der Waals surface area contributed by atoms with Gasteiger partial charge in [0.1, 0.15) is 23.3 Å². The highest BCUT2D eigenvalue weighted by Gasteiger charge is 2.43. The summed E-state index contributed by atoms with van der Waals surface area (Å²) in [5.74, 6) is -1.52. The summed E-state index contributed by atoms with van der Waals surface area (Å²) in [6.07, 6.45) is 1.67. The van der Waals surface area contributed by atoms with Crippen LogP contribution in [0.3, 0.4) is 0 Å². The zero-order valence-electron chi connectivity index (χ0n) is 24.3. The molecule has 1 amide bonds. The number of carbonyl (C=O) groups excluding carboxylic acids is 1. The number of carboxylic acid groups (broad SMARTS) is 2. The lowest BCUT2D eigenvalue weighted by atomic mass is 9.95. The molecule has 0 radical (unpaired) electrons. The molecule has 4 N–H and O–H groups in total. The van der Waals surface area contributed by atoms with Crippen molar-refractivity contribution in [1.82, 2.24) is 10.3 Å². The number of carboxylic acids is 2. The van der Waals surface area contributed by atoms with Crippen molar-refractivity contribution in [2.75, 3.05) is 17.3 Å². The number of rotatable bonds is 8. The molecule has 0 unspecified atom stereocenters. The second-order valence-corrected chi connectivity index (χ2v) is 11.6. The van der Waals surface area contributed by atoms with Crippen molar-refractivity contribution in [2.24, 2.45) is 5.41 Å². The van der Waals surface area contributed by atoms with Crippen molar-refractivity contribution in [3.63, 3.8) is 0 Å². The number of carbonyl (C=O) groups is 3. The van der Waals surface area contributed by atoms with E-state index in [1.165, 1.54) is 19.2 Å². The number of hydrogen-bond donors (Lipinski definition) is 4. The van der Waals surface area contributed by atoms with Gasteiger partial charge in [-0.2, -0.15) is 0 Å². The maximum absolute atomic E-state index is 12.7. The van der Waals surface area contributed by atoms with Crippen LogP contribution in [0.2, 0.25) is 0 Å². The minimum atomic E-state index is -1.26. The summed E-state index contributed by atoms with van der Waals surface area (Å²) in [5, 5.41) is 25.7. The van der Waals surface area contributed by atoms with Crippen molar-refractivity contribution >= 4 is 46.6 Å². The van der Waals surface area contributed by atoms with E-state index in [0.717, 1.165) is 6.07 Å². The van der Waals surface area contributed by atoms with Gasteiger partial charge in [0.25, 0.3) is 0 Å². The van der Waals surface area contributed by atoms with E-state index in [1.54, 1.807) is 36.5 Å². The van der Waals surface area contributed by atoms with Gasteiger partial charge in [-0.05, 0) is 66.8 Å². The molecule has 1 aliphatic heterocycles. The highest BCUT2D eigenvalue weighted by atomic mass is 32.1. The number of pyridine rings is 1. The number of thiocarbonyl (C=S) groups is 1. The van der Waals surface area contributed by atoms with E-state index in [2.05, 4.69) is 15.6 Å². The van der Waals surface area contributed by atoms with Crippen LogP contribution in [0.15, 0.2) is 77.3 Å². The number of nitrogens with zero attached hydrogens (tertiary/aromatic N) is 2. The quantitative estimate of drug-likeness (QED) is 0.175. The number of aromatic carboxylic acids is 2. The summed E-state index contributed by atoms with van der Waals surface area (Å²) in [6.45, 7) is 5.45. The first-order chi connectivity index (χ1) is 20.9. The number of ether oxygens (including phenoxy) is 1. The number of anilines is 2. The number of methoxy groups -OCH3 is 1. The van der Waals surface area contributed by atoms with Gasteiger partial charge in [-0.1, -0.05) is 26.8 Å². The fourth-order valence-corrected chi connectivity index (χ4v) is 5.19. The Kier molecular flexibility index (Phi) is 8.11. The molecule has 12 heteroatoms. The number of furan rings is 1. The summed E-state index contributed by atoms with van der Waals surface area (Å²) in [5.41, 5.74) is 1.17. The molecule has 2 aromatic carbocycles. The maximum Gasteiger partial charge on any atom is 0.335 e. The third-order valence-corrected chi connectivity index (χ3v) is 7.44. The summed E-state index contributed by atoms with van der Waals surface area (Å²) in [6, 6.07) is 17.0. The Morgan fingerprint density at radius 2 is 1.70 bits per heavy atom. The monoisotopic (exact) mass is 614 g/mol. The number of amides is 1. The van der Waals surface area contributed by atoms with Crippen molar-refractivity contribution < 1.29 is 33.8 Å². The van der Waals surface area contributed by atoms with Crippen LogP contribution < -0.4 is 20.3 Å². The van der Waals surface area contributed by atoms with E-state index >= 15 is 0 Å². The Morgan fingerprint density at radius 3 is 2.30 bits per heavy atom. The van der Waals surface area contributed by atoms with Crippen LogP contribution in [0.1, 0.15) is 65.0 Å². The van der Waals surface area contributed by atoms with Crippen LogP contribution in [0.25, 0.3) is 11.3 Å². The van der Waals surface area contributed by atoms with Gasteiger partial charge in [0, 0.05) is 28.9 Å². The van der Waals surface area contributed by atoms with E-state index in [-0.39, 0.29) is 22.8 Å². The fourth-order valence-electron chi connectivity index (χ4n) is 4.85. The lowest BCUT2D eigenvalue weighted by Gasteiger charge is -2.27. The smallest absolute Gasteiger partial charge is 0.335 e. The molecule has 2 aromatic heterocycles. The Balaban J connectivity index is 1.59. The summed E-state index contributed by atoms with van der Waals surface area (Å²) in [7, 11) is 1.51. The molecule has 0 bridgehead atoms. The largest absolute Gasteiger partial charge is 0.494 e. The van der Waals surface area contributed by atoms with Crippen molar-refractivity contribution in [2.45, 2.75) is 32.9 Å². The van der Waals surface area contributed by atoms with Gasteiger partial charge in [0.2, 0.25) is 5.91 Å². The highest BCUT2D eigenvalue weighted by Crippen LogP contribution is 2.44. The average Bonchev–Trinajstić information content (AvgIpc) is 3.61. The Bertz CT molecular complexity index is 1730. The molecule has 0 aliphatic carbocycles. The van der Waals surface area contributed by atoms with Gasteiger partial charge in [0.15, 0.2) is 5.11 Å². The normalized spacial score (nSPS) is 16.4. The first-order valence-corrected chi connectivity index (χ1v) is 14.0. The molecule has 11 nitrogen and oxygen atoms in total. The summed E-state index contributed by atoms with van der Waals surface area (Å²) < 4.78 is 11.9. The standard InChI is InChI=1S/C32H30N4O7S/c1-32(2,3)30(41)34-21-9-8-20(16-25(21)42-4)36-27(26(35-31(36)44)22-7-5-6-12-33-22)24-11-10-23(43-24)17-13-18(28(37)38)15-19(14-17)29(39)40/h5-16,26-27H,1-4H3,(H,34,41)(H,35,44)(H,37,38)(H,39,40)/t26-,27-/m1/s1. The second-order valence-electron chi connectivity index (χ2n) is 11.2. The summed E-state index contributed by atoms with van der Waals surface area (Å²) in [4.78, 5) is 42.5. The van der Waals surface area contributed by atoms with E-state index < -0.39 is 29.4 Å².